The Bertz CT molecular complexity index is 1450. The summed E-state index contributed by atoms with van der Waals surface area (Å²) in [5, 5.41) is 9.74. The van der Waals surface area contributed by atoms with Crippen molar-refractivity contribution in [2.75, 3.05) is 6.54 Å². The minimum absolute atomic E-state index is 0.0942. The fraction of sp³-hybridized carbons (Fsp3) is 0.407. The lowest BCUT2D eigenvalue weighted by Crippen LogP contribution is -2.40. The van der Waals surface area contributed by atoms with Gasteiger partial charge in [-0.05, 0) is 43.9 Å². The number of nitrogens with zero attached hydrogens (tertiary/aromatic N) is 5. The Hall–Kier alpha value is -3.38. The monoisotopic (exact) mass is 590 g/mol. The maximum Gasteiger partial charge on any atom is 0.407 e. The van der Waals surface area contributed by atoms with Crippen molar-refractivity contribution in [3.63, 3.8) is 0 Å². The number of alkyl halides is 2. The normalized spacial score (nSPS) is 21.5. The Morgan fingerprint density at radius 2 is 2.02 bits per heavy atom. The predicted octanol–water partition coefficient (Wildman–Crippen LogP) is 6.57. The van der Waals surface area contributed by atoms with Gasteiger partial charge in [0.25, 0.3) is 0 Å². The summed E-state index contributed by atoms with van der Waals surface area (Å²) in [7, 11) is 0. The van der Waals surface area contributed by atoms with Crippen LogP contribution in [-0.2, 0) is 4.74 Å². The summed E-state index contributed by atoms with van der Waals surface area (Å²) in [5.41, 5.74) is 2.09. The molecule has 3 aromatic rings. The summed E-state index contributed by atoms with van der Waals surface area (Å²) in [4.78, 5) is 24.2. The van der Waals surface area contributed by atoms with Crippen LogP contribution < -0.4 is 5.32 Å². The van der Waals surface area contributed by atoms with E-state index in [2.05, 4.69) is 15.4 Å². The number of ether oxygens (including phenoxy) is 1. The number of thiazole rings is 1. The van der Waals surface area contributed by atoms with Gasteiger partial charge in [-0.3, -0.25) is 4.99 Å². The summed E-state index contributed by atoms with van der Waals surface area (Å²) in [6.07, 6.45) is 7.60. The summed E-state index contributed by atoms with van der Waals surface area (Å²) in [5.74, 6) is 0.0467. The standard InChI is InChI=1S/C27H26ClF3N6O2S/c28-19-12-15(29)6-7-18(19)23-22(20-8-10-37(35-20)26(30)31)21-13-16(33-27(38)39-17-4-2-1-3-5-17)14-36(21)24(34-23)25-32-9-11-40-25/h6-12,16-17,23,26H,1-5,13-14H2,(H,33,38)/t16-,23-/m0/s1. The van der Waals surface area contributed by atoms with Gasteiger partial charge in [-0.1, -0.05) is 24.1 Å². The van der Waals surface area contributed by atoms with Gasteiger partial charge >= 0.3 is 12.6 Å². The molecule has 0 radical (unpaired) electrons. The number of hydrogen-bond donors (Lipinski definition) is 1. The number of rotatable bonds is 6. The molecule has 1 amide bonds. The molecule has 0 bridgehead atoms. The van der Waals surface area contributed by atoms with Crippen molar-refractivity contribution in [3.8, 4) is 0 Å². The van der Waals surface area contributed by atoms with Crippen LogP contribution in [0.2, 0.25) is 5.02 Å². The van der Waals surface area contributed by atoms with Gasteiger partial charge in [0.15, 0.2) is 10.8 Å². The molecule has 4 heterocycles. The topological polar surface area (TPSA) is 84.6 Å². The molecule has 1 saturated heterocycles. The Labute approximate surface area is 237 Å². The van der Waals surface area contributed by atoms with Crippen molar-refractivity contribution in [2.24, 2.45) is 4.99 Å². The van der Waals surface area contributed by atoms with Gasteiger partial charge in [-0.25, -0.2) is 18.9 Å². The van der Waals surface area contributed by atoms with Crippen molar-refractivity contribution >= 4 is 40.4 Å². The summed E-state index contributed by atoms with van der Waals surface area (Å²) in [6, 6.07) is 4.41. The number of benzene rings is 1. The molecule has 0 spiro atoms. The molecule has 6 rings (SSSR count). The molecular formula is C27H26ClF3N6O2S. The SMILES string of the molecule is O=C(N[C@H]1CC2=C(c3ccn(C(F)F)n3)[C@H](c3ccc(F)cc3Cl)N=C(c3nccs3)N2C1)OC1CCCCC1. The third-order valence-corrected chi connectivity index (χ3v) is 8.47. The zero-order valence-electron chi connectivity index (χ0n) is 21.3. The zero-order chi connectivity index (χ0) is 27.8. The van der Waals surface area contributed by atoms with Gasteiger partial charge in [0.05, 0.1) is 11.7 Å². The number of alkyl carbamates (subject to hydrolysis) is 1. The van der Waals surface area contributed by atoms with Gasteiger partial charge in [0.2, 0.25) is 0 Å². The smallest absolute Gasteiger partial charge is 0.407 e. The second kappa shape index (κ2) is 11.2. The number of nitrogens with one attached hydrogen (secondary N) is 1. The Morgan fingerprint density at radius 3 is 2.73 bits per heavy atom. The highest BCUT2D eigenvalue weighted by Crippen LogP contribution is 2.46. The minimum atomic E-state index is -2.83. The van der Waals surface area contributed by atoms with Crippen LogP contribution in [-0.4, -0.2) is 50.3 Å². The first-order valence-electron chi connectivity index (χ1n) is 13.1. The quantitative estimate of drug-likeness (QED) is 0.351. The molecule has 2 atom stereocenters. The van der Waals surface area contributed by atoms with Gasteiger partial charge in [0.1, 0.15) is 18.0 Å². The molecule has 2 aliphatic heterocycles. The van der Waals surface area contributed by atoms with E-state index in [1.165, 1.54) is 41.8 Å². The number of fused-ring (bicyclic) bond motifs is 1. The first-order chi connectivity index (χ1) is 19.4. The van der Waals surface area contributed by atoms with Gasteiger partial charge in [-0.2, -0.15) is 13.9 Å². The van der Waals surface area contributed by atoms with Crippen LogP contribution in [0, 0.1) is 5.82 Å². The van der Waals surface area contributed by atoms with Crippen molar-refractivity contribution < 1.29 is 22.7 Å². The van der Waals surface area contributed by atoms with Crippen LogP contribution in [0.5, 0.6) is 0 Å². The largest absolute Gasteiger partial charge is 0.446 e. The molecular weight excluding hydrogens is 565 g/mol. The molecule has 8 nitrogen and oxygen atoms in total. The lowest BCUT2D eigenvalue weighted by molar-refractivity contribution is 0.0564. The molecule has 13 heteroatoms. The van der Waals surface area contributed by atoms with Crippen molar-refractivity contribution in [1.82, 2.24) is 25.0 Å². The fourth-order valence-corrected chi connectivity index (χ4v) is 6.50. The maximum atomic E-state index is 14.0. The Kier molecular flexibility index (Phi) is 7.54. The van der Waals surface area contributed by atoms with E-state index >= 15 is 0 Å². The van der Waals surface area contributed by atoms with Gasteiger partial charge < -0.3 is 15.0 Å². The van der Waals surface area contributed by atoms with Crippen LogP contribution in [0.15, 0.2) is 52.7 Å². The number of amidine groups is 1. The number of carbonyl (C=O) groups is 1. The van der Waals surface area contributed by atoms with Crippen LogP contribution in [0.25, 0.3) is 5.57 Å². The lowest BCUT2D eigenvalue weighted by Gasteiger charge is -2.32. The lowest BCUT2D eigenvalue weighted by atomic mass is 9.92. The van der Waals surface area contributed by atoms with E-state index in [4.69, 9.17) is 21.3 Å². The highest BCUT2D eigenvalue weighted by molar-refractivity contribution is 7.11. The zero-order valence-corrected chi connectivity index (χ0v) is 22.8. The van der Waals surface area contributed by atoms with Crippen molar-refractivity contribution in [1.29, 1.82) is 0 Å². The highest BCUT2D eigenvalue weighted by Gasteiger charge is 2.41. The summed E-state index contributed by atoms with van der Waals surface area (Å²) >= 11 is 7.89. The van der Waals surface area contributed by atoms with Gasteiger partial charge in [-0.15, -0.1) is 11.3 Å². The number of amides is 1. The number of carbonyl (C=O) groups excluding carboxylic acids is 1. The first-order valence-corrected chi connectivity index (χ1v) is 14.4. The molecule has 210 valence electrons. The van der Waals surface area contributed by atoms with Crippen LogP contribution >= 0.6 is 22.9 Å². The molecule has 2 aromatic heterocycles. The Balaban J connectivity index is 1.40. The second-order valence-electron chi connectivity index (χ2n) is 10.00. The van der Waals surface area contributed by atoms with Crippen LogP contribution in [0.1, 0.15) is 67.4 Å². The third kappa shape index (κ3) is 5.34. The number of hydrogen-bond acceptors (Lipinski definition) is 7. The van der Waals surface area contributed by atoms with E-state index in [9.17, 15) is 18.0 Å². The molecule has 1 N–H and O–H groups in total. The molecule has 3 aliphatic rings. The Morgan fingerprint density at radius 1 is 1.20 bits per heavy atom. The minimum Gasteiger partial charge on any atom is -0.446 e. The highest BCUT2D eigenvalue weighted by atomic mass is 35.5. The first kappa shape index (κ1) is 26.8. The third-order valence-electron chi connectivity index (χ3n) is 7.37. The number of aromatic nitrogens is 3. The van der Waals surface area contributed by atoms with Crippen LogP contribution in [0.3, 0.4) is 0 Å². The molecule has 1 saturated carbocycles. The number of aliphatic imine (C=N–C) groups is 1. The van der Waals surface area contributed by atoms with Crippen molar-refractivity contribution in [2.45, 2.75) is 63.3 Å². The van der Waals surface area contributed by atoms with E-state index in [0.717, 1.165) is 37.8 Å². The predicted molar refractivity (Wildman–Crippen MR) is 145 cm³/mol. The van der Waals surface area contributed by atoms with Crippen LogP contribution in [0.4, 0.5) is 18.0 Å². The molecule has 2 fully saturated rings. The summed E-state index contributed by atoms with van der Waals surface area (Å²) < 4.78 is 47.3. The van der Waals surface area contributed by atoms with Gasteiger partial charge in [0, 0.05) is 52.6 Å². The molecule has 40 heavy (non-hydrogen) atoms. The fourth-order valence-electron chi connectivity index (χ4n) is 5.59. The average molecular weight is 591 g/mol. The van der Waals surface area contributed by atoms with E-state index in [-0.39, 0.29) is 22.9 Å². The molecule has 0 unspecified atom stereocenters. The summed E-state index contributed by atoms with van der Waals surface area (Å²) in [6.45, 7) is -2.45. The van der Waals surface area contributed by atoms with E-state index in [1.807, 2.05) is 10.3 Å². The van der Waals surface area contributed by atoms with E-state index in [0.29, 0.717) is 39.6 Å². The maximum absolute atomic E-state index is 14.0. The molecule has 1 aliphatic carbocycles. The van der Waals surface area contributed by atoms with E-state index < -0.39 is 24.5 Å². The van der Waals surface area contributed by atoms with Crippen molar-refractivity contribution in [3.05, 3.63) is 74.8 Å². The van der Waals surface area contributed by atoms with E-state index in [1.54, 1.807) is 6.20 Å². The average Bonchev–Trinajstić information content (AvgIpc) is 3.69. The second-order valence-corrected chi connectivity index (χ2v) is 11.3. The number of halogens is 4. The molecule has 1 aromatic carbocycles.